The summed E-state index contributed by atoms with van der Waals surface area (Å²) in [5.74, 6) is 0.00252. The molecule has 1 amide bonds. The molecule has 124 valence electrons. The van der Waals surface area contributed by atoms with Gasteiger partial charge in [0.2, 0.25) is 0 Å². The van der Waals surface area contributed by atoms with Crippen molar-refractivity contribution in [2.24, 2.45) is 0 Å². The van der Waals surface area contributed by atoms with Gasteiger partial charge in [0, 0.05) is 42.7 Å². The summed E-state index contributed by atoms with van der Waals surface area (Å²) in [7, 11) is 0. The number of aromatic amines is 1. The Morgan fingerprint density at radius 1 is 1.38 bits per heavy atom. The quantitative estimate of drug-likeness (QED) is 0.727. The van der Waals surface area contributed by atoms with Crippen LogP contribution in [0.2, 0.25) is 0 Å². The van der Waals surface area contributed by atoms with Crippen LogP contribution in [0.1, 0.15) is 30.9 Å². The summed E-state index contributed by atoms with van der Waals surface area (Å²) in [5, 5.41) is 9.82. The van der Waals surface area contributed by atoms with Gasteiger partial charge in [0.1, 0.15) is 5.65 Å². The van der Waals surface area contributed by atoms with E-state index in [0.29, 0.717) is 24.4 Å². The zero-order chi connectivity index (χ0) is 16.9. The van der Waals surface area contributed by atoms with Crippen molar-refractivity contribution in [3.63, 3.8) is 0 Å². The van der Waals surface area contributed by atoms with Gasteiger partial charge in [0.15, 0.2) is 0 Å². The van der Waals surface area contributed by atoms with Crippen molar-refractivity contribution in [1.82, 2.24) is 14.9 Å². The molecule has 0 saturated heterocycles. The van der Waals surface area contributed by atoms with Gasteiger partial charge < -0.3 is 9.88 Å². The van der Waals surface area contributed by atoms with Gasteiger partial charge in [-0.05, 0) is 30.7 Å². The van der Waals surface area contributed by atoms with Crippen LogP contribution in [-0.2, 0) is 0 Å². The van der Waals surface area contributed by atoms with Crippen molar-refractivity contribution in [3.05, 3.63) is 41.5 Å². The van der Waals surface area contributed by atoms with Crippen molar-refractivity contribution in [3.8, 4) is 16.5 Å². The van der Waals surface area contributed by atoms with Gasteiger partial charge in [0.05, 0.1) is 17.4 Å². The molecule has 3 aromatic heterocycles. The lowest BCUT2D eigenvalue weighted by Crippen LogP contribution is -2.32. The highest BCUT2D eigenvalue weighted by Crippen LogP contribution is 2.33. The van der Waals surface area contributed by atoms with Crippen LogP contribution in [0.15, 0.2) is 36.7 Å². The van der Waals surface area contributed by atoms with Crippen molar-refractivity contribution in [2.75, 3.05) is 13.1 Å². The van der Waals surface area contributed by atoms with Crippen molar-refractivity contribution < 1.29 is 6.22 Å². The van der Waals surface area contributed by atoms with Crippen LogP contribution in [0, 0.1) is 11.3 Å². The summed E-state index contributed by atoms with van der Waals surface area (Å²) in [6.07, 6.45) is 4.87. The Kier molecular flexibility index (Phi) is 4.92. The van der Waals surface area contributed by atoms with Gasteiger partial charge in [-0.3, -0.25) is 4.79 Å². The summed E-state index contributed by atoms with van der Waals surface area (Å²) in [4.78, 5) is 23.6. The van der Waals surface area contributed by atoms with Crippen LogP contribution < -0.4 is 0 Å². The fraction of sp³-hybridized carbons (Fsp3) is 0.278. The smallest absolute Gasteiger partial charge is 0.263 e. The molecule has 0 spiro atoms. The summed E-state index contributed by atoms with van der Waals surface area (Å²) >= 11 is 1.48. The molecule has 3 rings (SSSR count). The van der Waals surface area contributed by atoms with Crippen molar-refractivity contribution in [2.45, 2.75) is 19.8 Å². The number of aromatic nitrogens is 2. The van der Waals surface area contributed by atoms with Crippen LogP contribution in [0.3, 0.4) is 0 Å². The van der Waals surface area contributed by atoms with Crippen molar-refractivity contribution >= 4 is 28.3 Å². The second-order valence-electron chi connectivity index (χ2n) is 5.46. The average Bonchev–Trinajstić information content (AvgIpc) is 3.26. The van der Waals surface area contributed by atoms with E-state index in [1.54, 1.807) is 11.1 Å². The van der Waals surface area contributed by atoms with E-state index in [-0.39, 0.29) is 7.33 Å². The number of carbonyl (C=O) groups excluding carboxylic acids is 1. The van der Waals surface area contributed by atoms with Crippen LogP contribution >= 0.6 is 11.3 Å². The first-order valence-electron chi connectivity index (χ1n) is 7.93. The van der Waals surface area contributed by atoms with Crippen LogP contribution in [-0.4, -0.2) is 33.9 Å². The molecule has 0 radical (unpaired) electrons. The monoisotopic (exact) mass is 340 g/mol. The van der Waals surface area contributed by atoms with Crippen LogP contribution in [0.25, 0.3) is 21.5 Å². The lowest BCUT2D eigenvalue weighted by atomic mass is 10.1. The van der Waals surface area contributed by atoms with E-state index in [1.165, 1.54) is 11.3 Å². The van der Waals surface area contributed by atoms with Crippen LogP contribution in [0.4, 0.5) is 0 Å². The molecule has 0 saturated carbocycles. The van der Waals surface area contributed by atoms with E-state index < -0.39 is 0 Å². The highest BCUT2D eigenvalue weighted by atomic mass is 32.1. The number of rotatable bonds is 6. The molecule has 5 nitrogen and oxygen atoms in total. The highest BCUT2D eigenvalue weighted by Gasteiger charge is 2.18. The number of fused-ring (bicyclic) bond motifs is 1. The summed E-state index contributed by atoms with van der Waals surface area (Å²) in [6.45, 7) is 3.19. The largest absolute Gasteiger partial charge is 0.346 e. The normalized spacial score (nSPS) is 10.7. The van der Waals surface area contributed by atoms with Gasteiger partial charge in [-0.15, -0.1) is 11.3 Å². The van der Waals surface area contributed by atoms with Gasteiger partial charge in [0.25, 0.3) is 5.91 Å². The van der Waals surface area contributed by atoms with E-state index in [1.807, 2.05) is 37.4 Å². The second kappa shape index (κ2) is 7.28. The molecule has 0 aliphatic rings. The lowest BCUT2D eigenvalue weighted by molar-refractivity contribution is 0.0764. The fourth-order valence-corrected chi connectivity index (χ4v) is 3.71. The van der Waals surface area contributed by atoms with E-state index >= 15 is 0 Å². The van der Waals surface area contributed by atoms with E-state index in [2.05, 4.69) is 16.0 Å². The number of nitrogens with one attached hydrogen (secondary N) is 1. The first-order valence-corrected chi connectivity index (χ1v) is 8.74. The summed E-state index contributed by atoms with van der Waals surface area (Å²) in [5.41, 5.74) is 1.92. The highest BCUT2D eigenvalue weighted by molar-refractivity contribution is 7.17. The minimum absolute atomic E-state index is 0. The zero-order valence-electron chi connectivity index (χ0n) is 13.5. The molecule has 0 unspecified atom stereocenters. The molecular formula is C18H20N4OS. The number of carbonyl (C=O) groups is 1. The Labute approximate surface area is 146 Å². The standard InChI is InChI=1S/C18H18N4OS.H2/c1-2-11-22(12-3-8-19)18(23)16-5-4-15(24-16)13-6-9-20-17-14(13)7-10-21-17;/h4-7,9-10H,2-3,11-12H2,1H3,(H,20,21);1H. The Morgan fingerprint density at radius 3 is 3.04 bits per heavy atom. The molecule has 0 atom stereocenters. The Morgan fingerprint density at radius 2 is 2.25 bits per heavy atom. The summed E-state index contributed by atoms with van der Waals surface area (Å²) < 4.78 is 0. The average molecular weight is 340 g/mol. The molecule has 1 N–H and O–H groups in total. The number of thiophene rings is 1. The molecule has 3 heterocycles. The molecular weight excluding hydrogens is 320 g/mol. The first kappa shape index (κ1) is 16.2. The van der Waals surface area contributed by atoms with E-state index in [0.717, 1.165) is 27.9 Å². The maximum absolute atomic E-state index is 12.7. The third-order valence-electron chi connectivity index (χ3n) is 3.82. The third kappa shape index (κ3) is 3.17. The molecule has 0 aliphatic carbocycles. The molecule has 0 aromatic carbocycles. The maximum Gasteiger partial charge on any atom is 0.263 e. The van der Waals surface area contributed by atoms with E-state index in [9.17, 15) is 4.79 Å². The SMILES string of the molecule is CCCN(CCC#N)C(=O)c1ccc(-c2ccnc3[nH]ccc23)s1.[HH]. The Bertz CT molecular complexity index is 896. The molecule has 24 heavy (non-hydrogen) atoms. The fourth-order valence-electron chi connectivity index (χ4n) is 2.70. The Hall–Kier alpha value is -2.65. The predicted octanol–water partition coefficient (Wildman–Crippen LogP) is 4.30. The van der Waals surface area contributed by atoms with Gasteiger partial charge in [-0.2, -0.15) is 5.26 Å². The van der Waals surface area contributed by atoms with Crippen LogP contribution in [0.5, 0.6) is 0 Å². The third-order valence-corrected chi connectivity index (χ3v) is 4.92. The summed E-state index contributed by atoms with van der Waals surface area (Å²) in [6, 6.07) is 9.93. The Balaban J connectivity index is 0.00000225. The van der Waals surface area contributed by atoms with Gasteiger partial charge >= 0.3 is 0 Å². The maximum atomic E-state index is 12.7. The molecule has 3 aromatic rings. The number of H-pyrrole nitrogens is 1. The number of amides is 1. The topological polar surface area (TPSA) is 72.8 Å². The number of hydrogen-bond donors (Lipinski definition) is 1. The minimum Gasteiger partial charge on any atom is -0.346 e. The zero-order valence-corrected chi connectivity index (χ0v) is 14.3. The van der Waals surface area contributed by atoms with E-state index in [4.69, 9.17) is 5.26 Å². The van der Waals surface area contributed by atoms with Gasteiger partial charge in [-0.1, -0.05) is 6.92 Å². The first-order chi connectivity index (χ1) is 11.7. The van der Waals surface area contributed by atoms with Gasteiger partial charge in [-0.25, -0.2) is 4.98 Å². The second-order valence-corrected chi connectivity index (χ2v) is 6.55. The molecule has 6 heteroatoms. The number of nitrogens with zero attached hydrogens (tertiary/aromatic N) is 3. The molecule has 0 fully saturated rings. The number of nitriles is 1. The van der Waals surface area contributed by atoms with Crippen molar-refractivity contribution in [1.29, 1.82) is 5.26 Å². The predicted molar refractivity (Wildman–Crippen MR) is 97.9 cm³/mol. The molecule has 0 aliphatic heterocycles. The lowest BCUT2D eigenvalue weighted by Gasteiger charge is -2.19. The molecule has 0 bridgehead atoms. The minimum atomic E-state index is 0. The number of pyridine rings is 1. The number of hydrogen-bond acceptors (Lipinski definition) is 4.